The van der Waals surface area contributed by atoms with E-state index >= 15 is 0 Å². The third-order valence-electron chi connectivity index (χ3n) is 1.90. The minimum Gasteiger partial charge on any atom is -0.487 e. The van der Waals surface area contributed by atoms with Crippen LogP contribution in [0.15, 0.2) is 50.7 Å². The van der Waals surface area contributed by atoms with Gasteiger partial charge in [-0.2, -0.15) is 0 Å². The maximum Gasteiger partial charge on any atom is 0.139 e. The van der Waals surface area contributed by atoms with E-state index in [0.29, 0.717) is 6.61 Å². The van der Waals surface area contributed by atoms with E-state index in [9.17, 15) is 0 Å². The molecule has 78 valence electrons. The Bertz CT molecular complexity index is 421. The summed E-state index contributed by atoms with van der Waals surface area (Å²) in [7, 11) is 0. The standard InChI is InChI=1S/C12H10BrIO/c13-12-11(7-4-8-14-12)15-9-10-5-2-1-3-6-10/h1-8H,9H2. The fourth-order valence-corrected chi connectivity index (χ4v) is 3.46. The van der Waals surface area contributed by atoms with Gasteiger partial charge >= 0.3 is 0 Å². The van der Waals surface area contributed by atoms with Crippen molar-refractivity contribution in [2.45, 2.75) is 6.61 Å². The lowest BCUT2D eigenvalue weighted by Gasteiger charge is -2.09. The smallest absolute Gasteiger partial charge is 0.139 e. The molecule has 0 aromatic heterocycles. The van der Waals surface area contributed by atoms with Crippen LogP contribution in [0.4, 0.5) is 0 Å². The molecule has 1 aliphatic rings. The molecule has 0 amide bonds. The third-order valence-corrected chi connectivity index (χ3v) is 5.31. The molecular formula is C12H10BrIO. The van der Waals surface area contributed by atoms with Crippen molar-refractivity contribution in [1.29, 1.82) is 0 Å². The van der Waals surface area contributed by atoms with Crippen molar-refractivity contribution in [2.24, 2.45) is 0 Å². The molecule has 0 saturated carbocycles. The summed E-state index contributed by atoms with van der Waals surface area (Å²) in [6.45, 7) is 0.638. The van der Waals surface area contributed by atoms with E-state index < -0.39 is 0 Å². The average molecular weight is 377 g/mol. The van der Waals surface area contributed by atoms with Gasteiger partial charge in [0.25, 0.3) is 0 Å². The summed E-state index contributed by atoms with van der Waals surface area (Å²) in [5.41, 5.74) is 1.20. The molecular weight excluding hydrogens is 367 g/mol. The lowest BCUT2D eigenvalue weighted by molar-refractivity contribution is 0.212. The summed E-state index contributed by atoms with van der Waals surface area (Å²) in [5.74, 6) is 0.981. The topological polar surface area (TPSA) is 9.23 Å². The van der Waals surface area contributed by atoms with Gasteiger partial charge in [-0.25, -0.2) is 0 Å². The monoisotopic (exact) mass is 376 g/mol. The molecule has 0 N–H and O–H groups in total. The van der Waals surface area contributed by atoms with Crippen LogP contribution in [0.2, 0.25) is 0 Å². The fraction of sp³-hybridized carbons (Fsp3) is 0.0833. The number of ether oxygens (including phenoxy) is 1. The quantitative estimate of drug-likeness (QED) is 0.721. The van der Waals surface area contributed by atoms with Crippen molar-refractivity contribution in [3.63, 3.8) is 0 Å². The molecule has 0 unspecified atom stereocenters. The number of hydrogen-bond acceptors (Lipinski definition) is 1. The summed E-state index contributed by atoms with van der Waals surface area (Å²) < 4.78 is 9.16. The molecule has 15 heavy (non-hydrogen) atoms. The number of rotatable bonds is 3. The van der Waals surface area contributed by atoms with Crippen LogP contribution in [-0.2, 0) is 11.3 Å². The van der Waals surface area contributed by atoms with Crippen LogP contribution in [0.1, 0.15) is 5.56 Å². The third kappa shape index (κ3) is 3.28. The van der Waals surface area contributed by atoms with Crippen LogP contribution in [0, 0.1) is 0 Å². The minimum atomic E-state index is -0.0113. The van der Waals surface area contributed by atoms with Crippen LogP contribution >= 0.6 is 36.7 Å². The molecule has 3 heteroatoms. The molecule has 2 rings (SSSR count). The van der Waals surface area contributed by atoms with Crippen molar-refractivity contribution in [3.8, 4) is 0 Å². The van der Waals surface area contributed by atoms with Crippen LogP contribution in [0.5, 0.6) is 0 Å². The highest BCUT2D eigenvalue weighted by molar-refractivity contribution is 14.2. The number of allylic oxidation sites excluding steroid dienone is 2. The number of hydrogen-bond donors (Lipinski definition) is 0. The van der Waals surface area contributed by atoms with Crippen molar-refractivity contribution in [3.05, 3.63) is 56.3 Å². The lowest BCUT2D eigenvalue weighted by atomic mass is 10.2. The Morgan fingerprint density at radius 2 is 2.00 bits per heavy atom. The average Bonchev–Trinajstić information content (AvgIpc) is 2.29. The number of halogens is 2. The maximum atomic E-state index is 5.73. The lowest BCUT2D eigenvalue weighted by Crippen LogP contribution is -1.93. The Labute approximate surface area is 108 Å². The first-order chi connectivity index (χ1) is 7.36. The summed E-state index contributed by atoms with van der Waals surface area (Å²) in [6, 6.07) is 10.2. The number of benzene rings is 1. The van der Waals surface area contributed by atoms with E-state index in [1.54, 1.807) is 0 Å². The fourth-order valence-electron chi connectivity index (χ4n) is 1.17. The normalized spacial score (nSPS) is 15.0. The van der Waals surface area contributed by atoms with Gasteiger partial charge in [-0.05, 0) is 31.6 Å². The maximum absolute atomic E-state index is 5.73. The molecule has 0 fully saturated rings. The second-order valence-electron chi connectivity index (χ2n) is 2.99. The van der Waals surface area contributed by atoms with Gasteiger partial charge in [-0.15, -0.1) is 0 Å². The Balaban J connectivity index is 2.00. The van der Waals surface area contributed by atoms with Crippen molar-refractivity contribution in [2.75, 3.05) is 0 Å². The van der Waals surface area contributed by atoms with Crippen LogP contribution in [0.25, 0.3) is 0 Å². The van der Waals surface area contributed by atoms with Gasteiger partial charge in [0.05, 0.1) is 2.49 Å². The largest absolute Gasteiger partial charge is 0.487 e. The van der Waals surface area contributed by atoms with Crippen LogP contribution in [-0.4, -0.2) is 4.01 Å². The van der Waals surface area contributed by atoms with Gasteiger partial charge in [0.1, 0.15) is 12.4 Å². The van der Waals surface area contributed by atoms with Gasteiger partial charge in [-0.3, -0.25) is 0 Å². The molecule has 0 aliphatic carbocycles. The predicted molar refractivity (Wildman–Crippen MR) is 76.4 cm³/mol. The van der Waals surface area contributed by atoms with Gasteiger partial charge < -0.3 is 4.74 Å². The molecule has 1 aliphatic heterocycles. The molecule has 0 atom stereocenters. The van der Waals surface area contributed by atoms with E-state index in [-0.39, 0.29) is 20.7 Å². The van der Waals surface area contributed by atoms with Gasteiger partial charge in [0, 0.05) is 0 Å². The SMILES string of the molecule is BrC1=C(OCc2ccccc2)C=CC=I1. The van der Waals surface area contributed by atoms with Crippen LogP contribution < -0.4 is 0 Å². The molecule has 1 nitrogen and oxygen atoms in total. The zero-order chi connectivity index (χ0) is 10.5. The zero-order valence-electron chi connectivity index (χ0n) is 7.99. The Morgan fingerprint density at radius 3 is 2.73 bits per heavy atom. The molecule has 1 aromatic rings. The zero-order valence-corrected chi connectivity index (χ0v) is 11.7. The molecule has 0 spiro atoms. The Morgan fingerprint density at radius 1 is 1.20 bits per heavy atom. The van der Waals surface area contributed by atoms with Gasteiger partial charge in [0.15, 0.2) is 0 Å². The highest BCUT2D eigenvalue weighted by atomic mass is 127. The van der Waals surface area contributed by atoms with Crippen molar-refractivity contribution < 1.29 is 4.74 Å². The van der Waals surface area contributed by atoms with E-state index in [2.05, 4.69) is 38.2 Å². The summed E-state index contributed by atoms with van der Waals surface area (Å²) in [4.78, 5) is 0. The predicted octanol–water partition coefficient (Wildman–Crippen LogP) is 4.11. The minimum absolute atomic E-state index is 0.0113. The van der Waals surface area contributed by atoms with E-state index in [4.69, 9.17) is 4.74 Å². The first-order valence-corrected chi connectivity index (χ1v) is 7.68. The van der Waals surface area contributed by atoms with Gasteiger partial charge in [-0.1, -0.05) is 57.1 Å². The van der Waals surface area contributed by atoms with E-state index in [0.717, 1.165) is 5.76 Å². The highest BCUT2D eigenvalue weighted by Crippen LogP contribution is 2.29. The Hall–Kier alpha value is -0.420. The summed E-state index contributed by atoms with van der Waals surface area (Å²) in [6.07, 6.45) is 4.08. The summed E-state index contributed by atoms with van der Waals surface area (Å²) in [5, 5.41) is 0. The molecule has 0 radical (unpaired) electrons. The highest BCUT2D eigenvalue weighted by Gasteiger charge is 2.03. The van der Waals surface area contributed by atoms with Crippen molar-refractivity contribution in [1.82, 2.24) is 0 Å². The van der Waals surface area contributed by atoms with Crippen molar-refractivity contribution >= 4 is 40.7 Å². The second-order valence-corrected chi connectivity index (χ2v) is 7.69. The molecule has 0 bridgehead atoms. The molecule has 1 heterocycles. The van der Waals surface area contributed by atoms with Crippen LogP contribution in [0.3, 0.4) is 0 Å². The Kier molecular flexibility index (Phi) is 4.14. The van der Waals surface area contributed by atoms with Gasteiger partial charge in [0.2, 0.25) is 0 Å². The molecule has 0 saturated heterocycles. The molecule has 1 aromatic carbocycles. The van der Waals surface area contributed by atoms with E-state index in [1.165, 1.54) is 8.05 Å². The van der Waals surface area contributed by atoms with E-state index in [1.807, 2.05) is 24.3 Å². The summed E-state index contributed by atoms with van der Waals surface area (Å²) >= 11 is 3.54. The first kappa shape index (κ1) is 11.1. The second kappa shape index (κ2) is 5.61. The first-order valence-electron chi connectivity index (χ1n) is 4.56.